The molecule has 0 saturated carbocycles. The average Bonchev–Trinajstić information content (AvgIpc) is 2.48. The molecule has 1 aromatic rings. The van der Waals surface area contributed by atoms with Crippen LogP contribution in [-0.4, -0.2) is 48.5 Å². The van der Waals surface area contributed by atoms with Crippen LogP contribution < -0.4 is 0 Å². The van der Waals surface area contributed by atoms with Crippen LogP contribution in [0.4, 0.5) is 0 Å². The van der Waals surface area contributed by atoms with Crippen LogP contribution in [0.3, 0.4) is 0 Å². The summed E-state index contributed by atoms with van der Waals surface area (Å²) in [6, 6.07) is 4.71. The van der Waals surface area contributed by atoms with Crippen molar-refractivity contribution in [3.05, 3.63) is 42.0 Å². The van der Waals surface area contributed by atoms with Crippen LogP contribution in [0.1, 0.15) is 12.5 Å². The molecule has 1 aliphatic rings. The molecule has 124 valence electrons. The largest absolute Gasteiger partial charge is 0.464 e. The molecule has 2 atom stereocenters. The monoisotopic (exact) mass is 339 g/mol. The number of sulfonamides is 1. The van der Waals surface area contributed by atoms with Crippen LogP contribution in [0.15, 0.2) is 41.3 Å². The Morgan fingerprint density at radius 1 is 1.30 bits per heavy atom. The second-order valence-electron chi connectivity index (χ2n) is 5.14. The van der Waals surface area contributed by atoms with E-state index in [-0.39, 0.29) is 4.90 Å². The van der Waals surface area contributed by atoms with Crippen LogP contribution in [0.5, 0.6) is 0 Å². The smallest absolute Gasteiger partial charge is 0.302 e. The van der Waals surface area contributed by atoms with Gasteiger partial charge in [-0.2, -0.15) is 4.31 Å². The fourth-order valence-electron chi connectivity index (χ4n) is 2.18. The number of hydrogen-bond acceptors (Lipinski definition) is 6. The van der Waals surface area contributed by atoms with E-state index < -0.39 is 40.7 Å². The van der Waals surface area contributed by atoms with E-state index in [1.165, 1.54) is 12.1 Å². The lowest BCUT2D eigenvalue weighted by molar-refractivity contribution is -0.144. The number of aryl methyl sites for hydroxylation is 1. The molecule has 0 unspecified atom stereocenters. The third-order valence-corrected chi connectivity index (χ3v) is 5.26. The van der Waals surface area contributed by atoms with Crippen molar-refractivity contribution in [2.45, 2.75) is 31.0 Å². The Kier molecular flexibility index (Phi) is 4.98. The summed E-state index contributed by atoms with van der Waals surface area (Å²) in [5.41, 5.74) is 0.871. The quantitative estimate of drug-likeness (QED) is 0.796. The molecule has 7 nitrogen and oxygen atoms in total. The average molecular weight is 339 g/mol. The maximum Gasteiger partial charge on any atom is 0.302 e. The maximum atomic E-state index is 12.7. The Hall–Kier alpha value is -2.03. The second-order valence-corrected chi connectivity index (χ2v) is 6.98. The number of ether oxygens (including phenoxy) is 1. The number of carbonyl (C=O) groups excluding carboxylic acids is 2. The summed E-state index contributed by atoms with van der Waals surface area (Å²) in [6.07, 6.45) is 0.651. The maximum absolute atomic E-state index is 12.7. The van der Waals surface area contributed by atoms with Gasteiger partial charge in [0.1, 0.15) is 18.9 Å². The van der Waals surface area contributed by atoms with Crippen molar-refractivity contribution in [1.82, 2.24) is 4.31 Å². The van der Waals surface area contributed by atoms with Crippen LogP contribution in [0.25, 0.3) is 0 Å². The minimum atomic E-state index is -4.14. The minimum Gasteiger partial charge on any atom is -0.464 e. The van der Waals surface area contributed by atoms with Crippen molar-refractivity contribution in [3.63, 3.8) is 0 Å². The zero-order valence-electron chi connectivity index (χ0n) is 12.7. The van der Waals surface area contributed by atoms with E-state index in [0.717, 1.165) is 24.6 Å². The molecule has 8 heteroatoms. The predicted octanol–water partition coefficient (Wildman–Crippen LogP) is 0.375. The van der Waals surface area contributed by atoms with E-state index >= 15 is 0 Å². The lowest BCUT2D eigenvalue weighted by Gasteiger charge is -2.33. The summed E-state index contributed by atoms with van der Waals surface area (Å²) in [6.45, 7) is 2.50. The SMILES string of the molecule is CC(=O)OC[C@@H]1C(=O)C=C[C@@H](O)N1S(=O)(=O)c1ccc(C)cc1. The molecule has 23 heavy (non-hydrogen) atoms. The molecule has 1 N–H and O–H groups in total. The van der Waals surface area contributed by atoms with E-state index in [1.54, 1.807) is 12.1 Å². The molecule has 0 saturated heterocycles. The van der Waals surface area contributed by atoms with Crippen molar-refractivity contribution < 1.29 is 27.9 Å². The van der Waals surface area contributed by atoms with E-state index in [1.807, 2.05) is 6.92 Å². The number of ketones is 1. The lowest BCUT2D eigenvalue weighted by Crippen LogP contribution is -2.54. The lowest BCUT2D eigenvalue weighted by atomic mass is 10.1. The second kappa shape index (κ2) is 6.61. The standard InChI is InChI=1S/C15H17NO6S/c1-10-3-5-12(6-4-10)23(20,21)16-13(9-22-11(2)17)14(18)7-8-15(16)19/h3-8,13,15,19H,9H2,1-2H3/t13-,15-/m1/s1. The number of benzene rings is 1. The summed E-state index contributed by atoms with van der Waals surface area (Å²) in [4.78, 5) is 22.9. The van der Waals surface area contributed by atoms with Crippen molar-refractivity contribution in [3.8, 4) is 0 Å². The first-order valence-corrected chi connectivity index (χ1v) is 8.31. The molecule has 0 radical (unpaired) electrons. The highest BCUT2D eigenvalue weighted by Crippen LogP contribution is 2.24. The van der Waals surface area contributed by atoms with Crippen molar-refractivity contribution in [2.24, 2.45) is 0 Å². The topological polar surface area (TPSA) is 101 Å². The number of carbonyl (C=O) groups is 2. The third-order valence-electron chi connectivity index (χ3n) is 3.37. The van der Waals surface area contributed by atoms with Gasteiger partial charge in [0, 0.05) is 6.92 Å². The summed E-state index contributed by atoms with van der Waals surface area (Å²) in [7, 11) is -4.14. The van der Waals surface area contributed by atoms with Gasteiger partial charge in [-0.1, -0.05) is 17.7 Å². The Labute approximate surface area is 134 Å². The molecule has 0 aromatic heterocycles. The van der Waals surface area contributed by atoms with Crippen molar-refractivity contribution >= 4 is 21.8 Å². The van der Waals surface area contributed by atoms with Gasteiger partial charge in [-0.3, -0.25) is 9.59 Å². The van der Waals surface area contributed by atoms with Crippen LogP contribution in [0.2, 0.25) is 0 Å². The third kappa shape index (κ3) is 3.66. The zero-order valence-corrected chi connectivity index (χ0v) is 13.5. The summed E-state index contributed by atoms with van der Waals surface area (Å²) in [5.74, 6) is -1.21. The molecule has 0 amide bonds. The Morgan fingerprint density at radius 3 is 2.48 bits per heavy atom. The highest BCUT2D eigenvalue weighted by atomic mass is 32.2. The van der Waals surface area contributed by atoms with Gasteiger partial charge in [0.15, 0.2) is 5.78 Å². The number of rotatable bonds is 4. The molecule has 0 spiro atoms. The summed E-state index contributed by atoms with van der Waals surface area (Å²) in [5, 5.41) is 10.0. The molecule has 0 aliphatic carbocycles. The van der Waals surface area contributed by atoms with E-state index in [4.69, 9.17) is 4.74 Å². The van der Waals surface area contributed by atoms with Gasteiger partial charge in [0.2, 0.25) is 10.0 Å². The molecular formula is C15H17NO6S. The number of aliphatic hydroxyl groups excluding tert-OH is 1. The first-order chi connectivity index (χ1) is 10.7. The van der Waals surface area contributed by atoms with Gasteiger partial charge in [-0.05, 0) is 31.2 Å². The van der Waals surface area contributed by atoms with Crippen molar-refractivity contribution in [2.75, 3.05) is 6.61 Å². The molecule has 1 aromatic carbocycles. The molecule has 1 heterocycles. The zero-order chi connectivity index (χ0) is 17.2. The fourth-order valence-corrected chi connectivity index (χ4v) is 3.76. The van der Waals surface area contributed by atoms with Gasteiger partial charge in [0.25, 0.3) is 0 Å². The van der Waals surface area contributed by atoms with E-state index in [0.29, 0.717) is 4.31 Å². The number of aliphatic hydroxyl groups is 1. The molecule has 0 bridgehead atoms. The van der Waals surface area contributed by atoms with Crippen LogP contribution >= 0.6 is 0 Å². The van der Waals surface area contributed by atoms with Crippen molar-refractivity contribution in [1.29, 1.82) is 0 Å². The van der Waals surface area contributed by atoms with Gasteiger partial charge in [-0.25, -0.2) is 8.42 Å². The van der Waals surface area contributed by atoms with Crippen LogP contribution in [-0.2, 0) is 24.3 Å². The Bertz CT molecular complexity index is 738. The predicted molar refractivity (Wildman–Crippen MR) is 80.8 cm³/mol. The minimum absolute atomic E-state index is 0.0573. The normalized spacial score (nSPS) is 22.1. The summed E-state index contributed by atoms with van der Waals surface area (Å²) >= 11 is 0. The number of hydrogen-bond donors (Lipinski definition) is 1. The van der Waals surface area contributed by atoms with Gasteiger partial charge in [0.05, 0.1) is 4.90 Å². The van der Waals surface area contributed by atoms with E-state index in [2.05, 4.69) is 0 Å². The first-order valence-electron chi connectivity index (χ1n) is 6.87. The highest BCUT2D eigenvalue weighted by molar-refractivity contribution is 7.89. The molecular weight excluding hydrogens is 322 g/mol. The molecule has 2 rings (SSSR count). The highest BCUT2D eigenvalue weighted by Gasteiger charge is 2.41. The number of esters is 1. The Morgan fingerprint density at radius 2 is 1.91 bits per heavy atom. The number of nitrogens with zero attached hydrogens (tertiary/aromatic N) is 1. The fraction of sp³-hybridized carbons (Fsp3) is 0.333. The molecule has 0 fully saturated rings. The van der Waals surface area contributed by atoms with E-state index in [9.17, 15) is 23.1 Å². The van der Waals surface area contributed by atoms with Gasteiger partial charge in [-0.15, -0.1) is 0 Å². The first kappa shape index (κ1) is 17.3. The van der Waals surface area contributed by atoms with Gasteiger partial charge >= 0.3 is 5.97 Å². The molecule has 1 aliphatic heterocycles. The van der Waals surface area contributed by atoms with Crippen LogP contribution in [0, 0.1) is 6.92 Å². The van der Waals surface area contributed by atoms with Gasteiger partial charge < -0.3 is 9.84 Å². The Balaban J connectivity index is 2.42. The summed E-state index contributed by atoms with van der Waals surface area (Å²) < 4.78 is 30.9.